The first-order chi connectivity index (χ1) is 8.66. The molecule has 1 heterocycles. The molecule has 3 nitrogen and oxygen atoms in total. The van der Waals surface area contributed by atoms with Gasteiger partial charge in [0, 0.05) is 31.7 Å². The van der Waals surface area contributed by atoms with Crippen LogP contribution in [0.2, 0.25) is 0 Å². The van der Waals surface area contributed by atoms with E-state index < -0.39 is 0 Å². The number of hydrogen-bond donors (Lipinski definition) is 1. The van der Waals surface area contributed by atoms with Gasteiger partial charge in [-0.05, 0) is 38.0 Å². The van der Waals surface area contributed by atoms with Crippen molar-refractivity contribution in [1.29, 1.82) is 0 Å². The molecule has 2 fully saturated rings. The van der Waals surface area contributed by atoms with Crippen LogP contribution in [0.25, 0.3) is 0 Å². The van der Waals surface area contributed by atoms with E-state index in [0.29, 0.717) is 12.1 Å². The van der Waals surface area contributed by atoms with Crippen LogP contribution in [0.15, 0.2) is 0 Å². The van der Waals surface area contributed by atoms with E-state index in [1.807, 2.05) is 0 Å². The first kappa shape index (κ1) is 14.3. The maximum atomic E-state index is 5.47. The largest absolute Gasteiger partial charge is 0.379 e. The van der Waals surface area contributed by atoms with Gasteiger partial charge in [0.05, 0.1) is 13.2 Å². The van der Waals surface area contributed by atoms with Crippen molar-refractivity contribution in [3.8, 4) is 0 Å². The summed E-state index contributed by atoms with van der Waals surface area (Å²) in [5.41, 5.74) is 0. The highest BCUT2D eigenvalue weighted by Gasteiger charge is 2.29. The van der Waals surface area contributed by atoms with Crippen molar-refractivity contribution in [2.75, 3.05) is 32.8 Å². The Hall–Kier alpha value is -0.120. The van der Waals surface area contributed by atoms with E-state index in [0.717, 1.165) is 44.7 Å². The normalized spacial score (nSPS) is 25.3. The van der Waals surface area contributed by atoms with Crippen LogP contribution in [0.5, 0.6) is 0 Å². The second kappa shape index (κ2) is 6.88. The van der Waals surface area contributed by atoms with Gasteiger partial charge in [-0.3, -0.25) is 4.90 Å². The molecule has 0 spiro atoms. The third-order valence-electron chi connectivity index (χ3n) is 4.31. The van der Waals surface area contributed by atoms with Crippen molar-refractivity contribution < 1.29 is 4.74 Å². The summed E-state index contributed by atoms with van der Waals surface area (Å²) in [6, 6.07) is 1.40. The summed E-state index contributed by atoms with van der Waals surface area (Å²) < 4.78 is 5.47. The standard InChI is InChI=1S/C15H30N2O/c1-12(2)10-15(17-6-8-18-9-7-17)11-16-13(3)14-4-5-14/h12-16H,4-11H2,1-3H3. The Labute approximate surface area is 112 Å². The van der Waals surface area contributed by atoms with Gasteiger partial charge in [0.1, 0.15) is 0 Å². The topological polar surface area (TPSA) is 24.5 Å². The zero-order valence-corrected chi connectivity index (χ0v) is 12.3. The number of hydrogen-bond acceptors (Lipinski definition) is 3. The van der Waals surface area contributed by atoms with E-state index in [9.17, 15) is 0 Å². The first-order valence-corrected chi connectivity index (χ1v) is 7.72. The van der Waals surface area contributed by atoms with Gasteiger partial charge in [0.25, 0.3) is 0 Å². The van der Waals surface area contributed by atoms with Crippen molar-refractivity contribution in [2.45, 2.75) is 52.1 Å². The van der Waals surface area contributed by atoms with Crippen molar-refractivity contribution in [3.05, 3.63) is 0 Å². The third-order valence-corrected chi connectivity index (χ3v) is 4.31. The van der Waals surface area contributed by atoms with E-state index >= 15 is 0 Å². The fourth-order valence-corrected chi connectivity index (χ4v) is 2.93. The number of nitrogens with zero attached hydrogens (tertiary/aromatic N) is 1. The lowest BCUT2D eigenvalue weighted by Gasteiger charge is -2.36. The minimum atomic E-state index is 0.690. The summed E-state index contributed by atoms with van der Waals surface area (Å²) in [5, 5.41) is 3.76. The molecule has 2 atom stereocenters. The maximum Gasteiger partial charge on any atom is 0.0594 e. The molecule has 0 bridgehead atoms. The van der Waals surface area contributed by atoms with Crippen LogP contribution in [-0.2, 0) is 4.74 Å². The van der Waals surface area contributed by atoms with Gasteiger partial charge in [-0.15, -0.1) is 0 Å². The van der Waals surface area contributed by atoms with Crippen LogP contribution in [0, 0.1) is 11.8 Å². The lowest BCUT2D eigenvalue weighted by molar-refractivity contribution is 0.0118. The smallest absolute Gasteiger partial charge is 0.0594 e. The molecule has 2 unspecified atom stereocenters. The molecule has 2 aliphatic rings. The molecule has 0 aromatic heterocycles. The van der Waals surface area contributed by atoms with Gasteiger partial charge in [-0.25, -0.2) is 0 Å². The van der Waals surface area contributed by atoms with E-state index in [1.54, 1.807) is 0 Å². The van der Waals surface area contributed by atoms with Gasteiger partial charge in [0.15, 0.2) is 0 Å². The fourth-order valence-electron chi connectivity index (χ4n) is 2.93. The summed E-state index contributed by atoms with van der Waals surface area (Å²) in [5.74, 6) is 1.73. The van der Waals surface area contributed by atoms with Gasteiger partial charge in [-0.1, -0.05) is 13.8 Å². The zero-order valence-electron chi connectivity index (χ0n) is 12.3. The molecular weight excluding hydrogens is 224 g/mol. The number of nitrogens with one attached hydrogen (secondary N) is 1. The second-order valence-electron chi connectivity index (χ2n) is 6.47. The summed E-state index contributed by atoms with van der Waals surface area (Å²) in [6.45, 7) is 12.2. The quantitative estimate of drug-likeness (QED) is 0.753. The zero-order chi connectivity index (χ0) is 13.0. The average Bonchev–Trinajstić information content (AvgIpc) is 3.19. The van der Waals surface area contributed by atoms with Gasteiger partial charge >= 0.3 is 0 Å². The monoisotopic (exact) mass is 254 g/mol. The molecule has 0 amide bonds. The van der Waals surface area contributed by atoms with Crippen molar-refractivity contribution >= 4 is 0 Å². The molecule has 106 valence electrons. The number of morpholine rings is 1. The molecule has 2 rings (SSSR count). The molecule has 18 heavy (non-hydrogen) atoms. The number of rotatable bonds is 7. The Morgan fingerprint density at radius 1 is 1.17 bits per heavy atom. The molecule has 0 radical (unpaired) electrons. The molecule has 1 aliphatic carbocycles. The second-order valence-corrected chi connectivity index (χ2v) is 6.47. The molecule has 3 heteroatoms. The van der Waals surface area contributed by atoms with Crippen LogP contribution in [-0.4, -0.2) is 49.8 Å². The van der Waals surface area contributed by atoms with E-state index in [4.69, 9.17) is 4.74 Å². The Balaban J connectivity index is 1.78. The van der Waals surface area contributed by atoms with Crippen LogP contribution in [0.3, 0.4) is 0 Å². The Kier molecular flexibility index (Phi) is 5.46. The molecule has 1 aliphatic heterocycles. The third kappa shape index (κ3) is 4.52. The summed E-state index contributed by atoms with van der Waals surface area (Å²) in [4.78, 5) is 2.62. The van der Waals surface area contributed by atoms with E-state index in [-0.39, 0.29) is 0 Å². The van der Waals surface area contributed by atoms with E-state index in [2.05, 4.69) is 31.0 Å². The molecular formula is C15H30N2O. The lowest BCUT2D eigenvalue weighted by atomic mass is 10.0. The summed E-state index contributed by atoms with van der Waals surface area (Å²) in [6.07, 6.45) is 4.16. The maximum absolute atomic E-state index is 5.47. The molecule has 1 N–H and O–H groups in total. The van der Waals surface area contributed by atoms with Gasteiger partial charge in [0.2, 0.25) is 0 Å². The minimum absolute atomic E-state index is 0.690. The van der Waals surface area contributed by atoms with Crippen LogP contribution < -0.4 is 5.32 Å². The van der Waals surface area contributed by atoms with E-state index in [1.165, 1.54) is 19.3 Å². The van der Waals surface area contributed by atoms with Crippen LogP contribution >= 0.6 is 0 Å². The first-order valence-electron chi connectivity index (χ1n) is 7.72. The average molecular weight is 254 g/mol. The van der Waals surface area contributed by atoms with Crippen molar-refractivity contribution in [2.24, 2.45) is 11.8 Å². The SMILES string of the molecule is CC(C)CC(CNC(C)C1CC1)N1CCOCC1. The van der Waals surface area contributed by atoms with Crippen molar-refractivity contribution in [1.82, 2.24) is 10.2 Å². The highest BCUT2D eigenvalue weighted by atomic mass is 16.5. The molecule has 0 aromatic rings. The van der Waals surface area contributed by atoms with Crippen LogP contribution in [0.4, 0.5) is 0 Å². The summed E-state index contributed by atoms with van der Waals surface area (Å²) >= 11 is 0. The molecule has 1 saturated carbocycles. The predicted octanol–water partition coefficient (Wildman–Crippen LogP) is 2.12. The highest BCUT2D eigenvalue weighted by Crippen LogP contribution is 2.32. The fraction of sp³-hybridized carbons (Fsp3) is 1.00. The Morgan fingerprint density at radius 3 is 2.39 bits per heavy atom. The predicted molar refractivity (Wildman–Crippen MR) is 75.8 cm³/mol. The minimum Gasteiger partial charge on any atom is -0.379 e. The van der Waals surface area contributed by atoms with Gasteiger partial charge in [-0.2, -0.15) is 0 Å². The number of ether oxygens (including phenoxy) is 1. The highest BCUT2D eigenvalue weighted by molar-refractivity contribution is 4.85. The molecule has 0 aromatic carbocycles. The Bertz CT molecular complexity index is 235. The van der Waals surface area contributed by atoms with Crippen molar-refractivity contribution in [3.63, 3.8) is 0 Å². The van der Waals surface area contributed by atoms with Crippen LogP contribution in [0.1, 0.15) is 40.0 Å². The lowest BCUT2D eigenvalue weighted by Crippen LogP contribution is -2.49. The summed E-state index contributed by atoms with van der Waals surface area (Å²) in [7, 11) is 0. The van der Waals surface area contributed by atoms with Gasteiger partial charge < -0.3 is 10.1 Å². The Morgan fingerprint density at radius 2 is 1.83 bits per heavy atom. The molecule has 1 saturated heterocycles.